The van der Waals surface area contributed by atoms with Gasteiger partial charge in [-0.15, -0.1) is 0 Å². The van der Waals surface area contributed by atoms with Crippen molar-refractivity contribution >= 4 is 29.7 Å². The lowest BCUT2D eigenvalue weighted by Crippen LogP contribution is -2.27. The largest absolute Gasteiger partial charge is 0.497 e. The first-order valence-electron chi connectivity index (χ1n) is 8.82. The molecule has 3 aromatic rings. The zero-order valence-electron chi connectivity index (χ0n) is 15.6. The molecule has 0 spiro atoms. The predicted octanol–water partition coefficient (Wildman–Crippen LogP) is 4.54. The zero-order chi connectivity index (χ0) is 20.1. The van der Waals surface area contributed by atoms with E-state index in [9.17, 15) is 4.79 Å². The summed E-state index contributed by atoms with van der Waals surface area (Å²) in [6.07, 6.45) is 0.280. The molecule has 0 aliphatic carbocycles. The van der Waals surface area contributed by atoms with Crippen LogP contribution in [0.3, 0.4) is 0 Å². The van der Waals surface area contributed by atoms with Gasteiger partial charge in [-0.2, -0.15) is 5.10 Å². The second-order valence-electron chi connectivity index (χ2n) is 6.33. The van der Waals surface area contributed by atoms with E-state index in [1.54, 1.807) is 13.2 Å². The molecule has 6 nitrogen and oxygen atoms in total. The molecular weight excluding hydrogens is 396 g/mol. The van der Waals surface area contributed by atoms with E-state index in [2.05, 4.69) is 15.5 Å². The smallest absolute Gasteiger partial charge is 0.222 e. The molecule has 8 heteroatoms. The topological polar surface area (TPSA) is 71.9 Å². The molecule has 2 aromatic carbocycles. The molecule has 1 heterocycles. The summed E-state index contributed by atoms with van der Waals surface area (Å²) >= 11 is 11.3. The second kappa shape index (κ2) is 9.03. The van der Waals surface area contributed by atoms with Crippen LogP contribution < -0.4 is 10.1 Å². The number of nitrogens with zero attached hydrogens (tertiary/aromatic N) is 2. The Balaban J connectivity index is 1.66. The summed E-state index contributed by atoms with van der Waals surface area (Å²) in [5, 5.41) is 10.7. The number of hydrogen-bond donors (Lipinski definition) is 2. The summed E-state index contributed by atoms with van der Waals surface area (Å²) in [6, 6.07) is 14.8. The van der Waals surface area contributed by atoms with Crippen LogP contribution in [0.4, 0.5) is 0 Å². The molecule has 2 N–H and O–H groups in total. The van der Waals surface area contributed by atoms with Gasteiger partial charge < -0.3 is 10.1 Å². The number of amides is 1. The van der Waals surface area contributed by atoms with Crippen molar-refractivity contribution in [1.29, 1.82) is 0 Å². The summed E-state index contributed by atoms with van der Waals surface area (Å²) in [5.41, 5.74) is 1.85. The van der Waals surface area contributed by atoms with Gasteiger partial charge >= 0.3 is 0 Å². The van der Waals surface area contributed by atoms with Gasteiger partial charge in [0, 0.05) is 23.6 Å². The van der Waals surface area contributed by atoms with Crippen LogP contribution in [0.25, 0.3) is 11.4 Å². The number of ether oxygens (including phenoxy) is 1. The van der Waals surface area contributed by atoms with Gasteiger partial charge in [0.25, 0.3) is 0 Å². The zero-order valence-corrected chi connectivity index (χ0v) is 17.2. The number of methoxy groups -OCH3 is 1. The molecule has 0 saturated heterocycles. The van der Waals surface area contributed by atoms with Crippen LogP contribution in [-0.4, -0.2) is 27.8 Å². The lowest BCUT2D eigenvalue weighted by Gasteiger charge is -2.15. The van der Waals surface area contributed by atoms with Gasteiger partial charge in [0.15, 0.2) is 10.6 Å². The highest BCUT2D eigenvalue weighted by Gasteiger charge is 2.13. The van der Waals surface area contributed by atoms with Crippen molar-refractivity contribution in [3.05, 3.63) is 63.9 Å². The highest BCUT2D eigenvalue weighted by molar-refractivity contribution is 7.71. The van der Waals surface area contributed by atoms with Crippen molar-refractivity contribution in [3.63, 3.8) is 0 Å². The summed E-state index contributed by atoms with van der Waals surface area (Å²) in [7, 11) is 1.62. The molecule has 146 valence electrons. The van der Waals surface area contributed by atoms with Crippen LogP contribution in [-0.2, 0) is 11.3 Å². The minimum atomic E-state index is -0.135. The fourth-order valence-electron chi connectivity index (χ4n) is 2.87. The molecule has 0 aliphatic rings. The third kappa shape index (κ3) is 4.79. The van der Waals surface area contributed by atoms with Crippen LogP contribution in [0.2, 0.25) is 5.02 Å². The van der Waals surface area contributed by atoms with E-state index in [1.807, 2.05) is 54.0 Å². The number of nitrogens with one attached hydrogen (secondary N) is 2. The molecule has 0 saturated carbocycles. The Kier molecular flexibility index (Phi) is 6.49. The van der Waals surface area contributed by atoms with Crippen molar-refractivity contribution in [1.82, 2.24) is 20.1 Å². The summed E-state index contributed by atoms with van der Waals surface area (Å²) in [5.74, 6) is 1.37. The van der Waals surface area contributed by atoms with E-state index in [4.69, 9.17) is 28.6 Å². The SMILES string of the molecule is COc1ccc(-c2n[nH]c(=S)n2CCC(=O)NC(C)c2cccc(Cl)c2)cc1. The molecule has 1 aromatic heterocycles. The van der Waals surface area contributed by atoms with Crippen LogP contribution in [0.1, 0.15) is 24.9 Å². The number of H-pyrrole nitrogens is 1. The van der Waals surface area contributed by atoms with E-state index < -0.39 is 0 Å². The van der Waals surface area contributed by atoms with Crippen LogP contribution >= 0.6 is 23.8 Å². The molecule has 28 heavy (non-hydrogen) atoms. The Morgan fingerprint density at radius 2 is 2.07 bits per heavy atom. The van der Waals surface area contributed by atoms with Gasteiger partial charge in [-0.3, -0.25) is 14.5 Å². The highest BCUT2D eigenvalue weighted by Crippen LogP contribution is 2.21. The molecule has 1 unspecified atom stereocenters. The Morgan fingerprint density at radius 3 is 2.75 bits per heavy atom. The lowest BCUT2D eigenvalue weighted by atomic mass is 10.1. The Labute approximate surface area is 173 Å². The van der Waals surface area contributed by atoms with Crippen molar-refractivity contribution < 1.29 is 9.53 Å². The first-order valence-corrected chi connectivity index (χ1v) is 9.61. The first-order chi connectivity index (χ1) is 13.5. The molecule has 0 bridgehead atoms. The van der Waals surface area contributed by atoms with Gasteiger partial charge in [-0.05, 0) is 61.1 Å². The fourth-order valence-corrected chi connectivity index (χ4v) is 3.29. The lowest BCUT2D eigenvalue weighted by molar-refractivity contribution is -0.121. The maximum Gasteiger partial charge on any atom is 0.222 e. The molecule has 1 atom stereocenters. The van der Waals surface area contributed by atoms with Gasteiger partial charge in [0.2, 0.25) is 5.91 Å². The van der Waals surface area contributed by atoms with E-state index >= 15 is 0 Å². The molecule has 0 aliphatic heterocycles. The minimum absolute atomic E-state index is 0.0729. The maximum atomic E-state index is 12.4. The number of hydrogen-bond acceptors (Lipinski definition) is 4. The summed E-state index contributed by atoms with van der Waals surface area (Å²) in [6.45, 7) is 2.35. The quantitative estimate of drug-likeness (QED) is 0.555. The summed E-state index contributed by atoms with van der Waals surface area (Å²) < 4.78 is 7.48. The fraction of sp³-hybridized carbons (Fsp3) is 0.250. The van der Waals surface area contributed by atoms with Crippen molar-refractivity contribution in [2.24, 2.45) is 0 Å². The summed E-state index contributed by atoms with van der Waals surface area (Å²) in [4.78, 5) is 12.4. The predicted molar refractivity (Wildman–Crippen MR) is 112 cm³/mol. The van der Waals surface area contributed by atoms with Gasteiger partial charge in [0.05, 0.1) is 13.2 Å². The van der Waals surface area contributed by atoms with Crippen LogP contribution in [0.15, 0.2) is 48.5 Å². The standard InChI is InChI=1S/C20H21ClN4O2S/c1-13(15-4-3-5-16(21)12-15)22-18(26)10-11-25-19(23-24-20(25)28)14-6-8-17(27-2)9-7-14/h3-9,12-13H,10-11H2,1-2H3,(H,22,26)(H,24,28). The van der Waals surface area contributed by atoms with E-state index in [-0.39, 0.29) is 18.4 Å². The molecular formula is C20H21ClN4O2S. The normalized spacial score (nSPS) is 11.8. The van der Waals surface area contributed by atoms with Crippen molar-refractivity contribution in [3.8, 4) is 17.1 Å². The Bertz CT molecular complexity index is 1010. The number of carbonyl (C=O) groups is 1. The molecule has 3 rings (SSSR count). The van der Waals surface area contributed by atoms with Gasteiger partial charge in [-0.1, -0.05) is 23.7 Å². The van der Waals surface area contributed by atoms with E-state index in [0.29, 0.717) is 22.2 Å². The average molecular weight is 417 g/mol. The first kappa shape index (κ1) is 20.1. The van der Waals surface area contributed by atoms with Crippen LogP contribution in [0, 0.1) is 4.77 Å². The Morgan fingerprint density at radius 1 is 1.32 bits per heavy atom. The Hall–Kier alpha value is -2.64. The van der Waals surface area contributed by atoms with E-state index in [1.165, 1.54) is 0 Å². The molecule has 1 amide bonds. The van der Waals surface area contributed by atoms with Gasteiger partial charge in [-0.25, -0.2) is 0 Å². The number of aromatic amines is 1. The monoisotopic (exact) mass is 416 g/mol. The van der Waals surface area contributed by atoms with Crippen LogP contribution in [0.5, 0.6) is 5.75 Å². The minimum Gasteiger partial charge on any atom is -0.497 e. The number of halogens is 1. The van der Waals surface area contributed by atoms with Crippen molar-refractivity contribution in [2.45, 2.75) is 25.9 Å². The van der Waals surface area contributed by atoms with Gasteiger partial charge in [0.1, 0.15) is 5.75 Å². The average Bonchev–Trinajstić information content (AvgIpc) is 3.07. The van der Waals surface area contributed by atoms with Crippen molar-refractivity contribution in [2.75, 3.05) is 7.11 Å². The number of rotatable bonds is 7. The van der Waals surface area contributed by atoms with E-state index in [0.717, 1.165) is 16.9 Å². The highest BCUT2D eigenvalue weighted by atomic mass is 35.5. The maximum absolute atomic E-state index is 12.4. The molecule has 0 fully saturated rings. The third-order valence-corrected chi connectivity index (χ3v) is 4.94. The molecule has 0 radical (unpaired) electrons. The number of benzene rings is 2. The number of carbonyl (C=O) groups excluding carboxylic acids is 1. The second-order valence-corrected chi connectivity index (χ2v) is 7.15. The third-order valence-electron chi connectivity index (χ3n) is 4.40. The number of aromatic nitrogens is 3.